The van der Waals surface area contributed by atoms with Gasteiger partial charge in [0.2, 0.25) is 11.9 Å². The molecule has 0 spiro atoms. The van der Waals surface area contributed by atoms with Crippen LogP contribution in [0.4, 0.5) is 5.95 Å². The third kappa shape index (κ3) is 6.03. The molecule has 0 bridgehead atoms. The van der Waals surface area contributed by atoms with Crippen molar-refractivity contribution in [3.63, 3.8) is 0 Å². The first-order chi connectivity index (χ1) is 18.1. The van der Waals surface area contributed by atoms with Crippen LogP contribution in [0.3, 0.4) is 0 Å². The van der Waals surface area contributed by atoms with E-state index in [1.54, 1.807) is 24.3 Å². The number of amides is 1. The summed E-state index contributed by atoms with van der Waals surface area (Å²) in [7, 11) is 0. The molecule has 0 unspecified atom stereocenters. The fourth-order valence-corrected chi connectivity index (χ4v) is 3.88. The number of nitrogens with zero attached hydrogens (tertiary/aromatic N) is 4. The van der Waals surface area contributed by atoms with E-state index in [-0.39, 0.29) is 29.6 Å². The Morgan fingerprint density at radius 3 is 2.26 bits per heavy atom. The van der Waals surface area contributed by atoms with Crippen LogP contribution in [0.2, 0.25) is 0 Å². The Morgan fingerprint density at radius 1 is 0.947 bits per heavy atom. The molecule has 0 radical (unpaired) electrons. The Kier molecular flexibility index (Phi) is 7.81. The van der Waals surface area contributed by atoms with Gasteiger partial charge in [-0.3, -0.25) is 29.1 Å². The summed E-state index contributed by atoms with van der Waals surface area (Å²) >= 11 is 0. The number of nitrogens with one attached hydrogen (secondary N) is 1. The maximum atomic E-state index is 12.0. The van der Waals surface area contributed by atoms with Crippen molar-refractivity contribution in [3.8, 4) is 11.6 Å². The van der Waals surface area contributed by atoms with Gasteiger partial charge in [-0.1, -0.05) is 18.2 Å². The van der Waals surface area contributed by atoms with E-state index >= 15 is 0 Å². The quantitative estimate of drug-likeness (QED) is 0.334. The highest BCUT2D eigenvalue weighted by molar-refractivity contribution is 5.88. The van der Waals surface area contributed by atoms with Crippen molar-refractivity contribution < 1.29 is 42.9 Å². The van der Waals surface area contributed by atoms with E-state index in [0.717, 1.165) is 0 Å². The Labute approximate surface area is 216 Å². The highest BCUT2D eigenvalue weighted by Crippen LogP contribution is 2.37. The molecule has 3 heterocycles. The second kappa shape index (κ2) is 11.2. The molecule has 14 heteroatoms. The fourth-order valence-electron chi connectivity index (χ4n) is 3.88. The number of para-hydroxylation sites is 1. The molecule has 1 aliphatic rings. The number of hydrogen-bond acceptors (Lipinski definition) is 12. The normalized spacial score (nSPS) is 20.5. The molecule has 1 aromatic carbocycles. The van der Waals surface area contributed by atoms with Gasteiger partial charge < -0.3 is 23.7 Å². The van der Waals surface area contributed by atoms with Crippen molar-refractivity contribution >= 4 is 40.9 Å². The number of imidazole rings is 1. The maximum absolute atomic E-state index is 12.0. The van der Waals surface area contributed by atoms with Crippen molar-refractivity contribution in [2.24, 2.45) is 0 Å². The fraction of sp³-hybridized carbons (Fsp3) is 0.375. The zero-order valence-electron chi connectivity index (χ0n) is 20.9. The minimum Gasteiger partial charge on any atom is -0.463 e. The average Bonchev–Trinajstić information content (AvgIpc) is 3.39. The molecular weight excluding hydrogens is 502 g/mol. The number of esters is 3. The van der Waals surface area contributed by atoms with Crippen LogP contribution in [-0.2, 0) is 38.1 Å². The summed E-state index contributed by atoms with van der Waals surface area (Å²) in [5.74, 6) is -1.90. The lowest BCUT2D eigenvalue weighted by Crippen LogP contribution is -2.40. The van der Waals surface area contributed by atoms with Crippen LogP contribution < -0.4 is 10.1 Å². The molecule has 200 valence electrons. The van der Waals surface area contributed by atoms with E-state index in [2.05, 4.69) is 20.3 Å². The van der Waals surface area contributed by atoms with Crippen molar-refractivity contribution in [1.82, 2.24) is 19.5 Å². The van der Waals surface area contributed by atoms with Gasteiger partial charge in [-0.15, -0.1) is 0 Å². The third-order valence-corrected chi connectivity index (χ3v) is 5.25. The summed E-state index contributed by atoms with van der Waals surface area (Å²) in [6.07, 6.45) is -3.01. The second-order valence-corrected chi connectivity index (χ2v) is 8.29. The number of rotatable bonds is 8. The molecule has 38 heavy (non-hydrogen) atoms. The van der Waals surface area contributed by atoms with Gasteiger partial charge in [-0.05, 0) is 12.1 Å². The summed E-state index contributed by atoms with van der Waals surface area (Å²) in [5, 5.41) is 2.52. The maximum Gasteiger partial charge on any atom is 0.303 e. The summed E-state index contributed by atoms with van der Waals surface area (Å²) in [6.45, 7) is 4.62. The van der Waals surface area contributed by atoms with Crippen LogP contribution in [0, 0.1) is 0 Å². The van der Waals surface area contributed by atoms with E-state index < -0.39 is 48.4 Å². The Hall–Kier alpha value is -4.59. The molecule has 2 aromatic heterocycles. The number of ether oxygens (including phenoxy) is 5. The Balaban J connectivity index is 1.80. The molecule has 3 aromatic rings. The molecule has 4 rings (SSSR count). The number of aromatic nitrogens is 4. The second-order valence-electron chi connectivity index (χ2n) is 8.29. The summed E-state index contributed by atoms with van der Waals surface area (Å²) < 4.78 is 29.4. The number of carbonyl (C=O) groups is 4. The highest BCUT2D eigenvalue weighted by atomic mass is 16.7. The predicted octanol–water partition coefficient (Wildman–Crippen LogP) is 1.90. The first-order valence-corrected chi connectivity index (χ1v) is 11.5. The molecule has 1 aliphatic heterocycles. The SMILES string of the molecule is CC(=O)Nc1nc(Oc2ccccc2)c2ncn([C@@H]3O[C@H](COC(C)=O)[C@@H](OC(C)=O)[C@H]3OC(C)=O)c2n1. The highest BCUT2D eigenvalue weighted by Gasteiger charge is 2.51. The summed E-state index contributed by atoms with van der Waals surface area (Å²) in [5.41, 5.74) is 0.368. The van der Waals surface area contributed by atoms with Gasteiger partial charge in [0.1, 0.15) is 18.5 Å². The largest absolute Gasteiger partial charge is 0.463 e. The third-order valence-electron chi connectivity index (χ3n) is 5.25. The molecule has 0 aliphatic carbocycles. The van der Waals surface area contributed by atoms with E-state index in [9.17, 15) is 19.2 Å². The molecule has 4 atom stereocenters. The van der Waals surface area contributed by atoms with Crippen LogP contribution in [0.15, 0.2) is 36.7 Å². The van der Waals surface area contributed by atoms with Gasteiger partial charge in [0.25, 0.3) is 5.88 Å². The summed E-state index contributed by atoms with van der Waals surface area (Å²) in [4.78, 5) is 60.1. The minimum absolute atomic E-state index is 0.0405. The molecule has 1 saturated heterocycles. The van der Waals surface area contributed by atoms with Crippen LogP contribution in [0.1, 0.15) is 33.9 Å². The van der Waals surface area contributed by atoms with E-state index in [1.807, 2.05) is 6.07 Å². The molecule has 1 fully saturated rings. The standard InChI is InChI=1S/C24H25N5O9/c1-12(30)26-24-27-21-18(22(28-24)37-16-8-6-5-7-9-16)25-11-29(21)23-20(36-15(4)33)19(35-14(3)32)17(38-23)10-34-13(2)31/h5-9,11,17,19-20,23H,10H2,1-4H3,(H,26,27,28,30)/t17-,19-,20-,23-/m1/s1. The van der Waals surface area contributed by atoms with E-state index in [0.29, 0.717) is 5.75 Å². The van der Waals surface area contributed by atoms with Gasteiger partial charge in [0.15, 0.2) is 29.6 Å². The first kappa shape index (κ1) is 26.5. The smallest absolute Gasteiger partial charge is 0.303 e. The topological polar surface area (TPSA) is 170 Å². The molecular formula is C24H25N5O9. The Bertz CT molecular complexity index is 1360. The van der Waals surface area contributed by atoms with Crippen molar-refractivity contribution in [2.75, 3.05) is 11.9 Å². The van der Waals surface area contributed by atoms with Crippen LogP contribution in [0.25, 0.3) is 11.2 Å². The average molecular weight is 527 g/mol. The van der Waals surface area contributed by atoms with Crippen LogP contribution in [-0.4, -0.2) is 68.3 Å². The van der Waals surface area contributed by atoms with Crippen molar-refractivity contribution in [3.05, 3.63) is 36.7 Å². The molecule has 1 amide bonds. The van der Waals surface area contributed by atoms with Crippen LogP contribution >= 0.6 is 0 Å². The van der Waals surface area contributed by atoms with Crippen LogP contribution in [0.5, 0.6) is 11.6 Å². The zero-order chi connectivity index (χ0) is 27.4. The minimum atomic E-state index is -1.16. The van der Waals surface area contributed by atoms with Gasteiger partial charge in [0, 0.05) is 27.7 Å². The summed E-state index contributed by atoms with van der Waals surface area (Å²) in [6, 6.07) is 8.79. The molecule has 1 N–H and O–H groups in total. The number of benzene rings is 1. The number of hydrogen-bond donors (Lipinski definition) is 1. The Morgan fingerprint density at radius 2 is 1.63 bits per heavy atom. The predicted molar refractivity (Wildman–Crippen MR) is 128 cm³/mol. The van der Waals surface area contributed by atoms with Gasteiger partial charge in [0.05, 0.1) is 6.33 Å². The monoisotopic (exact) mass is 527 g/mol. The lowest BCUT2D eigenvalue weighted by Gasteiger charge is -2.23. The lowest BCUT2D eigenvalue weighted by molar-refractivity contribution is -0.166. The molecule has 14 nitrogen and oxygen atoms in total. The molecule has 0 saturated carbocycles. The first-order valence-electron chi connectivity index (χ1n) is 11.5. The van der Waals surface area contributed by atoms with Gasteiger partial charge in [-0.2, -0.15) is 9.97 Å². The van der Waals surface area contributed by atoms with E-state index in [1.165, 1.54) is 38.6 Å². The number of carbonyl (C=O) groups excluding carboxylic acids is 4. The van der Waals surface area contributed by atoms with Crippen molar-refractivity contribution in [1.29, 1.82) is 0 Å². The number of anilines is 1. The van der Waals surface area contributed by atoms with Gasteiger partial charge in [-0.25, -0.2) is 4.98 Å². The number of fused-ring (bicyclic) bond motifs is 1. The lowest BCUT2D eigenvalue weighted by atomic mass is 10.1. The van der Waals surface area contributed by atoms with E-state index in [4.69, 9.17) is 23.7 Å². The van der Waals surface area contributed by atoms with Gasteiger partial charge >= 0.3 is 17.9 Å². The zero-order valence-corrected chi connectivity index (χ0v) is 20.9. The van der Waals surface area contributed by atoms with Crippen molar-refractivity contribution in [2.45, 2.75) is 52.2 Å².